The molecule has 4 rings (SSSR count). The van der Waals surface area contributed by atoms with Crippen LogP contribution in [0.5, 0.6) is 0 Å². The third kappa shape index (κ3) is 7.89. The van der Waals surface area contributed by atoms with Gasteiger partial charge in [0.1, 0.15) is 6.04 Å². The lowest BCUT2D eigenvalue weighted by atomic mass is 10.0. The number of rotatable bonds is 11. The van der Waals surface area contributed by atoms with Crippen molar-refractivity contribution in [3.63, 3.8) is 0 Å². The number of nitrogens with one attached hydrogen (secondary N) is 1. The Hall–Kier alpha value is -2.91. The predicted molar refractivity (Wildman–Crippen MR) is 162 cm³/mol. The van der Waals surface area contributed by atoms with Crippen LogP contribution < -0.4 is 5.32 Å². The number of carbonyl (C=O) groups is 2. The molecule has 0 saturated heterocycles. The molecule has 2 amide bonds. The van der Waals surface area contributed by atoms with Crippen molar-refractivity contribution in [3.05, 3.63) is 99.5 Å². The third-order valence-electron chi connectivity index (χ3n) is 7.45. The number of likely N-dealkylation sites (N-methyl/N-ethyl adjacent to an activating group) is 1. The maximum Gasteiger partial charge on any atom is 0.243 e. The fourth-order valence-electron chi connectivity index (χ4n) is 5.03. The zero-order valence-corrected chi connectivity index (χ0v) is 25.6. The topological polar surface area (TPSA) is 86.8 Å². The monoisotopic (exact) mass is 615 g/mol. The van der Waals surface area contributed by atoms with E-state index >= 15 is 0 Å². The molecule has 1 atom stereocenters. The average Bonchev–Trinajstić information content (AvgIpc) is 3.45. The molecule has 0 unspecified atom stereocenters. The number of carbonyl (C=O) groups excluding carboxylic acids is 2. The molecule has 0 bridgehead atoms. The maximum atomic E-state index is 14.0. The smallest absolute Gasteiger partial charge is 0.243 e. The fourth-order valence-corrected chi connectivity index (χ4v) is 6.67. The zero-order valence-electron chi connectivity index (χ0n) is 23.2. The number of amides is 2. The highest BCUT2D eigenvalue weighted by atomic mass is 35.5. The molecule has 0 heterocycles. The van der Waals surface area contributed by atoms with Crippen molar-refractivity contribution in [2.45, 2.75) is 62.6 Å². The van der Waals surface area contributed by atoms with Gasteiger partial charge in [-0.2, -0.15) is 4.31 Å². The van der Waals surface area contributed by atoms with Crippen LogP contribution in [0.3, 0.4) is 0 Å². The highest BCUT2D eigenvalue weighted by molar-refractivity contribution is 7.89. The van der Waals surface area contributed by atoms with Crippen molar-refractivity contribution >= 4 is 45.0 Å². The highest BCUT2D eigenvalue weighted by Crippen LogP contribution is 2.28. The number of hydrogen-bond donors (Lipinski definition) is 1. The Morgan fingerprint density at radius 2 is 1.54 bits per heavy atom. The molecule has 218 valence electrons. The van der Waals surface area contributed by atoms with Crippen molar-refractivity contribution in [1.82, 2.24) is 14.5 Å². The molecule has 1 aliphatic carbocycles. The third-order valence-corrected chi connectivity index (χ3v) is 9.98. The van der Waals surface area contributed by atoms with E-state index in [0.29, 0.717) is 15.6 Å². The number of aryl methyl sites for hydroxylation is 1. The number of nitrogens with zero attached hydrogens (tertiary/aromatic N) is 2. The second-order valence-corrected chi connectivity index (χ2v) is 13.4. The lowest BCUT2D eigenvalue weighted by Crippen LogP contribution is -2.54. The van der Waals surface area contributed by atoms with E-state index in [1.54, 1.807) is 30.3 Å². The number of sulfonamides is 1. The molecular formula is C31H35Cl2N3O4S. The van der Waals surface area contributed by atoms with Gasteiger partial charge >= 0.3 is 0 Å². The van der Waals surface area contributed by atoms with E-state index in [2.05, 4.69) is 5.32 Å². The lowest BCUT2D eigenvalue weighted by Gasteiger charge is -2.33. The van der Waals surface area contributed by atoms with Crippen LogP contribution in [0, 0.1) is 6.92 Å². The summed E-state index contributed by atoms with van der Waals surface area (Å²) in [5.74, 6) is -0.831. The Kier molecular flexibility index (Phi) is 10.5. The molecule has 1 N–H and O–H groups in total. The Labute approximate surface area is 252 Å². The van der Waals surface area contributed by atoms with Crippen molar-refractivity contribution in [2.24, 2.45) is 0 Å². The first-order valence-corrected chi connectivity index (χ1v) is 15.9. The largest absolute Gasteiger partial charge is 0.352 e. The summed E-state index contributed by atoms with van der Waals surface area (Å²) in [5, 5.41) is 3.84. The summed E-state index contributed by atoms with van der Waals surface area (Å²) in [6, 6.07) is 20.0. The minimum atomic E-state index is -3.96. The molecule has 7 nitrogen and oxygen atoms in total. The number of halogens is 2. The molecule has 1 aliphatic rings. The van der Waals surface area contributed by atoms with E-state index in [4.69, 9.17) is 23.2 Å². The highest BCUT2D eigenvalue weighted by Gasteiger charge is 2.34. The Morgan fingerprint density at radius 3 is 2.15 bits per heavy atom. The summed E-state index contributed by atoms with van der Waals surface area (Å²) < 4.78 is 27.7. The van der Waals surface area contributed by atoms with Gasteiger partial charge in [0.25, 0.3) is 0 Å². The summed E-state index contributed by atoms with van der Waals surface area (Å²) in [7, 11) is -2.60. The fraction of sp³-hybridized carbons (Fsp3) is 0.355. The van der Waals surface area contributed by atoms with E-state index in [9.17, 15) is 18.0 Å². The van der Waals surface area contributed by atoms with Gasteiger partial charge in [0.15, 0.2) is 0 Å². The van der Waals surface area contributed by atoms with Crippen LogP contribution in [-0.4, -0.2) is 55.1 Å². The maximum absolute atomic E-state index is 14.0. The Morgan fingerprint density at radius 1 is 0.927 bits per heavy atom. The summed E-state index contributed by atoms with van der Waals surface area (Å²) in [4.78, 5) is 29.4. The summed E-state index contributed by atoms with van der Waals surface area (Å²) in [5.41, 5.74) is 2.27. The van der Waals surface area contributed by atoms with Gasteiger partial charge in [-0.05, 0) is 49.6 Å². The summed E-state index contributed by atoms with van der Waals surface area (Å²) in [6.45, 7) is 1.33. The molecule has 3 aromatic rings. The summed E-state index contributed by atoms with van der Waals surface area (Å²) >= 11 is 13.0. The second kappa shape index (κ2) is 13.8. The summed E-state index contributed by atoms with van der Waals surface area (Å²) in [6.07, 6.45) is 4.07. The molecule has 0 spiro atoms. The molecule has 1 fully saturated rings. The predicted octanol–water partition coefficient (Wildman–Crippen LogP) is 5.62. The second-order valence-electron chi connectivity index (χ2n) is 10.5. The van der Waals surface area contributed by atoms with Crippen LogP contribution in [0.25, 0.3) is 0 Å². The molecule has 1 saturated carbocycles. The van der Waals surface area contributed by atoms with E-state index in [1.807, 2.05) is 37.3 Å². The van der Waals surface area contributed by atoms with Gasteiger partial charge in [-0.25, -0.2) is 8.42 Å². The van der Waals surface area contributed by atoms with Crippen LogP contribution in [0.1, 0.15) is 42.4 Å². The molecule has 41 heavy (non-hydrogen) atoms. The van der Waals surface area contributed by atoms with Gasteiger partial charge in [-0.1, -0.05) is 90.1 Å². The number of hydrogen-bond acceptors (Lipinski definition) is 4. The van der Waals surface area contributed by atoms with Gasteiger partial charge in [-0.3, -0.25) is 9.59 Å². The standard InChI is InChI=1S/C31H35Cl2N3O4S/c1-22-15-17-25(18-16-22)41(39,40)35(2)21-30(37)36(20-26-27(32)13-8-14-28(26)33)29(19-23-9-4-3-5-10-23)31(38)34-24-11-6-7-12-24/h3-5,8-10,13-18,24,29H,6-7,11-12,19-21H2,1-2H3,(H,34,38)/t29-/m1/s1. The molecule has 0 aromatic heterocycles. The van der Waals surface area contributed by atoms with Gasteiger partial charge in [0.2, 0.25) is 21.8 Å². The van der Waals surface area contributed by atoms with Crippen LogP contribution >= 0.6 is 23.2 Å². The molecule has 0 radical (unpaired) electrons. The van der Waals surface area contributed by atoms with Crippen LogP contribution in [0.2, 0.25) is 10.0 Å². The van der Waals surface area contributed by atoms with Gasteiger partial charge in [-0.15, -0.1) is 0 Å². The van der Waals surface area contributed by atoms with Crippen LogP contribution in [-0.2, 0) is 32.6 Å². The van der Waals surface area contributed by atoms with Crippen molar-refractivity contribution in [2.75, 3.05) is 13.6 Å². The van der Waals surface area contributed by atoms with E-state index in [1.165, 1.54) is 24.1 Å². The van der Waals surface area contributed by atoms with Crippen LogP contribution in [0.15, 0.2) is 77.7 Å². The van der Waals surface area contributed by atoms with Crippen molar-refractivity contribution in [1.29, 1.82) is 0 Å². The first-order chi connectivity index (χ1) is 19.6. The Balaban J connectivity index is 1.69. The quantitative estimate of drug-likeness (QED) is 0.303. The Bertz CT molecular complexity index is 1440. The van der Waals surface area contributed by atoms with E-state index in [0.717, 1.165) is 41.1 Å². The van der Waals surface area contributed by atoms with Gasteiger partial charge in [0, 0.05) is 41.7 Å². The number of benzene rings is 3. The van der Waals surface area contributed by atoms with E-state index in [-0.39, 0.29) is 29.8 Å². The first-order valence-electron chi connectivity index (χ1n) is 13.7. The van der Waals surface area contributed by atoms with Crippen molar-refractivity contribution < 1.29 is 18.0 Å². The molecule has 10 heteroatoms. The van der Waals surface area contributed by atoms with Crippen LogP contribution in [0.4, 0.5) is 0 Å². The normalized spacial score (nSPS) is 14.7. The molecular weight excluding hydrogens is 581 g/mol. The molecule has 0 aliphatic heterocycles. The zero-order chi connectivity index (χ0) is 29.6. The van der Waals surface area contributed by atoms with Gasteiger partial charge < -0.3 is 10.2 Å². The van der Waals surface area contributed by atoms with E-state index < -0.39 is 28.5 Å². The first kappa shape index (κ1) is 31.0. The minimum absolute atomic E-state index is 0.0335. The SMILES string of the molecule is Cc1ccc(S(=O)(=O)N(C)CC(=O)N(Cc2c(Cl)cccc2Cl)[C@H](Cc2ccccc2)C(=O)NC2CCCC2)cc1. The van der Waals surface area contributed by atoms with Crippen molar-refractivity contribution in [3.8, 4) is 0 Å². The van der Waals surface area contributed by atoms with Gasteiger partial charge in [0.05, 0.1) is 11.4 Å². The lowest BCUT2D eigenvalue weighted by molar-refractivity contribution is -0.141. The minimum Gasteiger partial charge on any atom is -0.352 e. The average molecular weight is 617 g/mol. The molecule has 3 aromatic carbocycles.